The highest BCUT2D eigenvalue weighted by molar-refractivity contribution is 6.11. The van der Waals surface area contributed by atoms with Gasteiger partial charge in [0, 0.05) is 11.6 Å². The van der Waals surface area contributed by atoms with Crippen molar-refractivity contribution < 1.29 is 27.9 Å². The molecule has 2 aromatic carbocycles. The van der Waals surface area contributed by atoms with Crippen LogP contribution in [0.4, 0.5) is 29.9 Å². The summed E-state index contributed by atoms with van der Waals surface area (Å²) in [6.45, 7) is -0.694. The van der Waals surface area contributed by atoms with Gasteiger partial charge in [-0.05, 0) is 53.1 Å². The van der Waals surface area contributed by atoms with E-state index >= 15 is 0 Å². The molecular weight excluding hydrogens is 462 g/mol. The van der Waals surface area contributed by atoms with Gasteiger partial charge in [0.15, 0.2) is 5.69 Å². The number of fused-ring (bicyclic) bond motifs is 1. The average molecular weight is 480 g/mol. The maximum absolute atomic E-state index is 14.8. The lowest BCUT2D eigenvalue weighted by molar-refractivity contribution is 0.102. The number of urea groups is 1. The summed E-state index contributed by atoms with van der Waals surface area (Å²) in [7, 11) is 1.11. The van der Waals surface area contributed by atoms with Gasteiger partial charge in [0.25, 0.3) is 5.91 Å². The number of carbonyl (C=O) groups excluding carboxylic acids is 3. The van der Waals surface area contributed by atoms with E-state index in [0.717, 1.165) is 7.11 Å². The number of anilines is 2. The minimum atomic E-state index is -0.941. The van der Waals surface area contributed by atoms with Crippen molar-refractivity contribution in [3.8, 4) is 11.1 Å². The third kappa shape index (κ3) is 5.21. The van der Waals surface area contributed by atoms with Gasteiger partial charge in [-0.15, -0.1) is 0 Å². The topological polar surface area (TPSA) is 138 Å². The van der Waals surface area contributed by atoms with Gasteiger partial charge < -0.3 is 10.1 Å². The molecule has 4 aromatic rings. The third-order valence-electron chi connectivity index (χ3n) is 4.95. The van der Waals surface area contributed by atoms with Gasteiger partial charge in [-0.2, -0.15) is 5.10 Å². The predicted octanol–water partition coefficient (Wildman–Crippen LogP) is 4.37. The molecule has 0 atom stereocenters. The number of amides is 4. The van der Waals surface area contributed by atoms with Crippen LogP contribution in [0.2, 0.25) is 0 Å². The van der Waals surface area contributed by atoms with E-state index in [0.29, 0.717) is 27.6 Å². The lowest BCUT2D eigenvalue weighted by atomic mass is 10.1. The minimum absolute atomic E-state index is 0.00820. The molecule has 0 aliphatic heterocycles. The van der Waals surface area contributed by atoms with Crippen molar-refractivity contribution in [3.63, 3.8) is 0 Å². The molecule has 0 unspecified atom stereocenters. The fourth-order valence-electron chi connectivity index (χ4n) is 3.26. The molecule has 0 saturated carbocycles. The molecule has 0 spiro atoms. The number of alkyl carbamates (subject to hydrolysis) is 1. The molecule has 12 heteroatoms. The third-order valence-corrected chi connectivity index (χ3v) is 4.95. The van der Waals surface area contributed by atoms with Crippen LogP contribution in [-0.4, -0.2) is 40.3 Å². The Labute approximate surface area is 196 Å². The summed E-state index contributed by atoms with van der Waals surface area (Å²) in [5, 5.41) is 13.8. The summed E-state index contributed by atoms with van der Waals surface area (Å²) in [6, 6.07) is 11.1. The quantitative estimate of drug-likeness (QED) is 0.335. The number of carbonyl (C=O) groups is 3. The highest BCUT2D eigenvalue weighted by atomic mass is 19.1. The van der Waals surface area contributed by atoms with Gasteiger partial charge in [0.2, 0.25) is 0 Å². The minimum Gasteiger partial charge on any atom is -0.453 e. The summed E-state index contributed by atoms with van der Waals surface area (Å²) < 4.78 is 32.2. The number of aromatic amines is 1. The van der Waals surface area contributed by atoms with Crippen molar-refractivity contribution in [2.75, 3.05) is 17.7 Å². The van der Waals surface area contributed by atoms with Crippen molar-refractivity contribution in [2.24, 2.45) is 0 Å². The predicted molar refractivity (Wildman–Crippen MR) is 123 cm³/mol. The Hall–Kier alpha value is -4.87. The van der Waals surface area contributed by atoms with Gasteiger partial charge in [-0.1, -0.05) is 12.1 Å². The number of H-pyrrole nitrogens is 1. The Kier molecular flexibility index (Phi) is 6.62. The smallest absolute Gasteiger partial charge is 0.415 e. The molecule has 178 valence electrons. The largest absolute Gasteiger partial charge is 0.453 e. The van der Waals surface area contributed by atoms with Gasteiger partial charge >= 0.3 is 12.1 Å². The Morgan fingerprint density at radius 2 is 1.83 bits per heavy atom. The number of nitrogens with one attached hydrogen (secondary N) is 4. The first-order valence-corrected chi connectivity index (χ1v) is 10.1. The zero-order chi connectivity index (χ0) is 24.9. The summed E-state index contributed by atoms with van der Waals surface area (Å²) in [5.41, 5.74) is 1.82. The van der Waals surface area contributed by atoms with E-state index in [2.05, 4.69) is 30.6 Å². The van der Waals surface area contributed by atoms with Crippen LogP contribution in [0, 0.1) is 5.82 Å². The van der Waals surface area contributed by atoms with Gasteiger partial charge in [-0.25, -0.2) is 28.7 Å². The second-order valence-corrected chi connectivity index (χ2v) is 7.23. The van der Waals surface area contributed by atoms with E-state index in [4.69, 9.17) is 0 Å². The Morgan fingerprint density at radius 3 is 2.57 bits per heavy atom. The van der Waals surface area contributed by atoms with Gasteiger partial charge in [0.05, 0.1) is 18.3 Å². The number of methoxy groups -OCH3 is 1. The molecule has 0 bridgehead atoms. The van der Waals surface area contributed by atoms with Crippen LogP contribution in [0.1, 0.15) is 16.1 Å². The lowest BCUT2D eigenvalue weighted by Crippen LogP contribution is -2.34. The fourth-order valence-corrected chi connectivity index (χ4v) is 3.26. The number of halogens is 2. The van der Waals surface area contributed by atoms with Gasteiger partial charge in [-0.3, -0.25) is 15.2 Å². The highest BCUT2D eigenvalue weighted by Gasteiger charge is 2.17. The molecule has 2 aromatic heterocycles. The number of hydrogen-bond donors (Lipinski definition) is 4. The number of aromatic nitrogens is 3. The van der Waals surface area contributed by atoms with Crippen LogP contribution in [0.5, 0.6) is 0 Å². The molecule has 0 saturated heterocycles. The first kappa shape index (κ1) is 23.3. The second-order valence-electron chi connectivity index (χ2n) is 7.23. The Bertz CT molecular complexity index is 1440. The first-order chi connectivity index (χ1) is 16.9. The number of nitrogens with zero attached hydrogens (tertiary/aromatic N) is 2. The molecule has 10 nitrogen and oxygen atoms in total. The number of alkyl halides is 1. The number of benzene rings is 2. The van der Waals surface area contributed by atoms with Crippen molar-refractivity contribution in [1.29, 1.82) is 0 Å². The van der Waals surface area contributed by atoms with Crippen LogP contribution in [-0.2, 0) is 11.4 Å². The Balaban J connectivity index is 1.51. The molecule has 4 rings (SSSR count). The molecular formula is C23H18F2N6O4. The standard InChI is InChI=1S/C23H18F2N6O4/c1-35-23(34)29-22(33)28-19-10-14(6-7-26-19)13-3-5-18(16(25)9-13)27-21(32)20-15-8-12(11-24)2-4-17(15)30-31-20/h2-10H,11H2,1H3,(H,27,32)(H,30,31)(H2,26,28,29,33,34). The summed E-state index contributed by atoms with van der Waals surface area (Å²) in [6.07, 6.45) is 0.453. The van der Waals surface area contributed by atoms with Crippen molar-refractivity contribution >= 4 is 40.4 Å². The van der Waals surface area contributed by atoms with E-state index in [1.807, 2.05) is 5.32 Å². The van der Waals surface area contributed by atoms with Gasteiger partial charge in [0.1, 0.15) is 18.3 Å². The van der Waals surface area contributed by atoms with Crippen LogP contribution in [0.15, 0.2) is 54.7 Å². The second kappa shape index (κ2) is 9.95. The molecule has 4 amide bonds. The number of hydrogen-bond acceptors (Lipinski definition) is 6. The highest BCUT2D eigenvalue weighted by Crippen LogP contribution is 2.26. The van der Waals surface area contributed by atoms with E-state index in [-0.39, 0.29) is 17.2 Å². The number of rotatable bonds is 5. The lowest BCUT2D eigenvalue weighted by Gasteiger charge is -2.09. The van der Waals surface area contributed by atoms with E-state index in [1.165, 1.54) is 30.5 Å². The van der Waals surface area contributed by atoms with Crippen LogP contribution in [0.25, 0.3) is 22.0 Å². The Morgan fingerprint density at radius 1 is 1.03 bits per heavy atom. The molecule has 2 heterocycles. The monoisotopic (exact) mass is 480 g/mol. The SMILES string of the molecule is COC(=O)NC(=O)Nc1cc(-c2ccc(NC(=O)c3n[nH]c4ccc(CF)cc34)c(F)c2)ccn1. The average Bonchev–Trinajstić information content (AvgIpc) is 3.28. The maximum atomic E-state index is 14.8. The van der Waals surface area contributed by atoms with E-state index < -0.39 is 30.5 Å². The van der Waals surface area contributed by atoms with Crippen molar-refractivity contribution in [1.82, 2.24) is 20.5 Å². The number of imide groups is 1. The fraction of sp³-hybridized carbons (Fsp3) is 0.0870. The molecule has 0 aliphatic rings. The maximum Gasteiger partial charge on any atom is 0.415 e. The van der Waals surface area contributed by atoms with Crippen molar-refractivity contribution in [3.05, 3.63) is 71.8 Å². The summed E-state index contributed by atoms with van der Waals surface area (Å²) in [4.78, 5) is 39.5. The van der Waals surface area contributed by atoms with E-state index in [1.54, 1.807) is 24.3 Å². The summed E-state index contributed by atoms with van der Waals surface area (Å²) >= 11 is 0. The van der Waals surface area contributed by atoms with Crippen molar-refractivity contribution in [2.45, 2.75) is 6.67 Å². The molecule has 4 N–H and O–H groups in total. The van der Waals surface area contributed by atoms with E-state index in [9.17, 15) is 23.2 Å². The normalized spacial score (nSPS) is 10.6. The van der Waals surface area contributed by atoms with Crippen LogP contribution < -0.4 is 16.0 Å². The first-order valence-electron chi connectivity index (χ1n) is 10.1. The number of pyridine rings is 1. The molecule has 35 heavy (non-hydrogen) atoms. The summed E-state index contributed by atoms with van der Waals surface area (Å²) in [5.74, 6) is -1.26. The van der Waals surface area contributed by atoms with Crippen LogP contribution >= 0.6 is 0 Å². The zero-order valence-corrected chi connectivity index (χ0v) is 18.2. The zero-order valence-electron chi connectivity index (χ0n) is 18.2. The molecule has 0 aliphatic carbocycles. The number of ether oxygens (including phenoxy) is 1. The molecule has 0 radical (unpaired) electrons. The van der Waals surface area contributed by atoms with Crippen LogP contribution in [0.3, 0.4) is 0 Å². The molecule has 0 fully saturated rings.